The number of nitrogens with one attached hydrogen (secondary N) is 1. The zero-order chi connectivity index (χ0) is 12.1. The molecule has 0 aromatic carbocycles. The van der Waals surface area contributed by atoms with E-state index in [2.05, 4.69) is 4.98 Å². The summed E-state index contributed by atoms with van der Waals surface area (Å²) in [7, 11) is 0. The second-order valence-corrected chi connectivity index (χ2v) is 2.88. The van der Waals surface area contributed by atoms with Crippen LogP contribution >= 0.6 is 0 Å². The summed E-state index contributed by atoms with van der Waals surface area (Å²) in [5, 5.41) is 12.6. The summed E-state index contributed by atoms with van der Waals surface area (Å²) in [6, 6.07) is 1.19. The number of nitro groups is 1. The molecule has 0 radical (unpaired) electrons. The van der Waals surface area contributed by atoms with Gasteiger partial charge >= 0.3 is 0 Å². The van der Waals surface area contributed by atoms with E-state index in [9.17, 15) is 19.7 Å². The minimum Gasteiger partial charge on any atom is -0.292 e. The van der Waals surface area contributed by atoms with Crippen LogP contribution in [0, 0.1) is 10.1 Å². The maximum Gasteiger partial charge on any atom is 0.300 e. The Kier molecular flexibility index (Phi) is 3.65. The van der Waals surface area contributed by atoms with E-state index in [1.54, 1.807) is 6.92 Å². The average Bonchev–Trinajstić information content (AvgIpc) is 2.28. The molecule has 1 rings (SSSR count). The lowest BCUT2D eigenvalue weighted by Gasteiger charge is -2.02. The molecule has 7 nitrogen and oxygen atoms in total. The first-order chi connectivity index (χ1) is 7.56. The van der Waals surface area contributed by atoms with Crippen LogP contribution < -0.4 is 5.32 Å². The summed E-state index contributed by atoms with van der Waals surface area (Å²) in [6.07, 6.45) is 2.34. The van der Waals surface area contributed by atoms with Gasteiger partial charge in [0.25, 0.3) is 11.6 Å². The van der Waals surface area contributed by atoms with Crippen molar-refractivity contribution < 1.29 is 14.5 Å². The van der Waals surface area contributed by atoms with Crippen molar-refractivity contribution in [2.45, 2.75) is 13.3 Å². The van der Waals surface area contributed by atoms with Gasteiger partial charge in [-0.1, -0.05) is 6.92 Å². The molecule has 0 aliphatic heterocycles. The smallest absolute Gasteiger partial charge is 0.292 e. The Bertz CT molecular complexity index is 444. The van der Waals surface area contributed by atoms with Crippen LogP contribution in [-0.2, 0) is 4.79 Å². The summed E-state index contributed by atoms with van der Waals surface area (Å²) < 4.78 is 0. The topological polar surface area (TPSA) is 102 Å². The van der Waals surface area contributed by atoms with Gasteiger partial charge in [-0.05, 0) is 6.07 Å². The predicted octanol–water partition coefficient (Wildman–Crippen LogP) is 0.656. The summed E-state index contributed by atoms with van der Waals surface area (Å²) in [4.78, 5) is 35.8. The third-order valence-electron chi connectivity index (χ3n) is 1.82. The Morgan fingerprint density at radius 2 is 2.25 bits per heavy atom. The van der Waals surface area contributed by atoms with Crippen molar-refractivity contribution in [1.29, 1.82) is 0 Å². The number of pyridine rings is 1. The fraction of sp³-hybridized carbons (Fsp3) is 0.222. The first-order valence-corrected chi connectivity index (χ1v) is 4.48. The molecular formula is C9H9N3O4. The maximum atomic E-state index is 11.5. The first kappa shape index (κ1) is 11.8. The van der Waals surface area contributed by atoms with Crippen LogP contribution in [0.2, 0.25) is 0 Å². The molecule has 0 fully saturated rings. The first-order valence-electron chi connectivity index (χ1n) is 4.48. The van der Waals surface area contributed by atoms with Gasteiger partial charge in [0.15, 0.2) is 0 Å². The number of amides is 2. The van der Waals surface area contributed by atoms with Crippen LogP contribution in [0.25, 0.3) is 0 Å². The van der Waals surface area contributed by atoms with E-state index >= 15 is 0 Å². The van der Waals surface area contributed by atoms with Crippen molar-refractivity contribution in [3.8, 4) is 0 Å². The fourth-order valence-corrected chi connectivity index (χ4v) is 1.01. The molecule has 1 aromatic heterocycles. The van der Waals surface area contributed by atoms with E-state index in [0.29, 0.717) is 0 Å². The molecule has 0 saturated carbocycles. The number of carbonyl (C=O) groups is 2. The van der Waals surface area contributed by atoms with E-state index in [-0.39, 0.29) is 12.0 Å². The highest BCUT2D eigenvalue weighted by Gasteiger charge is 2.20. The molecular weight excluding hydrogens is 214 g/mol. The van der Waals surface area contributed by atoms with E-state index in [4.69, 9.17) is 0 Å². The zero-order valence-electron chi connectivity index (χ0n) is 8.47. The highest BCUT2D eigenvalue weighted by Crippen LogP contribution is 2.15. The molecule has 1 aromatic rings. The number of hydrogen-bond acceptors (Lipinski definition) is 5. The van der Waals surface area contributed by atoms with Crippen molar-refractivity contribution in [1.82, 2.24) is 10.3 Å². The number of nitrogens with zero attached hydrogens (tertiary/aromatic N) is 2. The van der Waals surface area contributed by atoms with E-state index in [0.717, 1.165) is 6.20 Å². The molecule has 0 spiro atoms. The number of rotatable bonds is 3. The van der Waals surface area contributed by atoms with Gasteiger partial charge in [-0.15, -0.1) is 0 Å². The fourth-order valence-electron chi connectivity index (χ4n) is 1.01. The van der Waals surface area contributed by atoms with Crippen molar-refractivity contribution in [2.75, 3.05) is 0 Å². The minimum absolute atomic E-state index is 0.130. The quantitative estimate of drug-likeness (QED) is 0.598. The molecule has 0 aliphatic carbocycles. The molecule has 1 heterocycles. The normalized spacial score (nSPS) is 9.56. The van der Waals surface area contributed by atoms with Crippen LogP contribution in [0.15, 0.2) is 18.5 Å². The molecule has 0 aliphatic rings. The molecule has 2 amide bonds. The second kappa shape index (κ2) is 4.96. The summed E-state index contributed by atoms with van der Waals surface area (Å²) in [5.74, 6) is -1.28. The van der Waals surface area contributed by atoms with Crippen molar-refractivity contribution >= 4 is 17.5 Å². The maximum absolute atomic E-state index is 11.5. The highest BCUT2D eigenvalue weighted by molar-refractivity contribution is 6.06. The zero-order valence-corrected chi connectivity index (χ0v) is 8.47. The van der Waals surface area contributed by atoms with Gasteiger partial charge < -0.3 is 0 Å². The van der Waals surface area contributed by atoms with Crippen molar-refractivity contribution in [3.05, 3.63) is 34.1 Å². The van der Waals surface area contributed by atoms with E-state index in [1.807, 2.05) is 5.32 Å². The molecule has 0 atom stereocenters. The van der Waals surface area contributed by atoms with Crippen molar-refractivity contribution in [2.24, 2.45) is 0 Å². The van der Waals surface area contributed by atoms with Gasteiger partial charge in [-0.3, -0.25) is 30.0 Å². The van der Waals surface area contributed by atoms with Gasteiger partial charge in [0.2, 0.25) is 5.91 Å². The van der Waals surface area contributed by atoms with Gasteiger partial charge in [0.1, 0.15) is 11.8 Å². The lowest BCUT2D eigenvalue weighted by atomic mass is 10.2. The number of imide groups is 1. The molecule has 1 N–H and O–H groups in total. The van der Waals surface area contributed by atoms with Crippen LogP contribution in [0.1, 0.15) is 23.7 Å². The molecule has 84 valence electrons. The van der Waals surface area contributed by atoms with Gasteiger partial charge in [-0.25, -0.2) is 0 Å². The van der Waals surface area contributed by atoms with Crippen LogP contribution in [0.5, 0.6) is 0 Å². The molecule has 0 bridgehead atoms. The minimum atomic E-state index is -0.791. The van der Waals surface area contributed by atoms with E-state index < -0.39 is 22.4 Å². The van der Waals surface area contributed by atoms with Gasteiger partial charge in [0, 0.05) is 12.6 Å². The third kappa shape index (κ3) is 2.59. The van der Waals surface area contributed by atoms with Crippen molar-refractivity contribution in [3.63, 3.8) is 0 Å². The van der Waals surface area contributed by atoms with Gasteiger partial charge in [0.05, 0.1) is 4.92 Å². The summed E-state index contributed by atoms with van der Waals surface area (Å²) >= 11 is 0. The number of aromatic nitrogens is 1. The van der Waals surface area contributed by atoms with Gasteiger partial charge in [-0.2, -0.15) is 0 Å². The van der Waals surface area contributed by atoms with E-state index in [1.165, 1.54) is 12.3 Å². The Balaban J connectivity index is 2.99. The average molecular weight is 223 g/mol. The van der Waals surface area contributed by atoms with Crippen LogP contribution in [0.4, 0.5) is 5.69 Å². The second-order valence-electron chi connectivity index (χ2n) is 2.88. The monoisotopic (exact) mass is 223 g/mol. The number of hydrogen-bond donors (Lipinski definition) is 1. The lowest BCUT2D eigenvalue weighted by molar-refractivity contribution is -0.385. The van der Waals surface area contributed by atoms with Crippen LogP contribution in [0.3, 0.4) is 0 Å². The molecule has 16 heavy (non-hydrogen) atoms. The Labute approximate surface area is 90.6 Å². The third-order valence-corrected chi connectivity index (χ3v) is 1.82. The predicted molar refractivity (Wildman–Crippen MR) is 53.7 cm³/mol. The number of carbonyl (C=O) groups excluding carboxylic acids is 2. The summed E-state index contributed by atoms with van der Waals surface area (Å²) in [6.45, 7) is 1.57. The van der Waals surface area contributed by atoms with Crippen LogP contribution in [-0.4, -0.2) is 21.7 Å². The highest BCUT2D eigenvalue weighted by atomic mass is 16.6. The summed E-state index contributed by atoms with van der Waals surface area (Å²) in [5.41, 5.74) is -0.606. The molecule has 7 heteroatoms. The Morgan fingerprint density at radius 1 is 1.56 bits per heavy atom. The molecule has 0 unspecified atom stereocenters. The molecule has 0 saturated heterocycles. The Hall–Kier alpha value is -2.31. The largest absolute Gasteiger partial charge is 0.300 e. The standard InChI is InChI=1S/C9H9N3O4/c1-2-8(13)11-9(14)6-3-4-10-5-7(6)12(15)16/h3-5H,2H2,1H3,(H,11,13,14). The lowest BCUT2D eigenvalue weighted by Crippen LogP contribution is -2.30. The SMILES string of the molecule is CCC(=O)NC(=O)c1ccncc1[N+](=O)[O-]. The Morgan fingerprint density at radius 3 is 2.81 bits per heavy atom.